The van der Waals surface area contributed by atoms with Crippen LogP contribution in [-0.2, 0) is 0 Å². The van der Waals surface area contributed by atoms with E-state index >= 15 is 0 Å². The number of hydrogen-bond acceptors (Lipinski definition) is 5. The molecule has 0 aliphatic heterocycles. The summed E-state index contributed by atoms with van der Waals surface area (Å²) in [5.41, 5.74) is 11.2. The highest BCUT2D eigenvalue weighted by atomic mass is 16.2. The number of anilines is 2. The lowest BCUT2D eigenvalue weighted by Crippen LogP contribution is -2.15. The molecule has 26 heavy (non-hydrogen) atoms. The molecule has 1 heterocycles. The van der Waals surface area contributed by atoms with Gasteiger partial charge in [0.2, 0.25) is 17.8 Å². The molecule has 6 heteroatoms. The Hall–Kier alpha value is -1.85. The van der Waals surface area contributed by atoms with Gasteiger partial charge in [-0.25, -0.2) is 4.57 Å². The lowest BCUT2D eigenvalue weighted by atomic mass is 10.1. The Morgan fingerprint density at radius 1 is 0.808 bits per heavy atom. The van der Waals surface area contributed by atoms with Crippen LogP contribution in [0, 0.1) is 0 Å². The van der Waals surface area contributed by atoms with Crippen molar-refractivity contribution < 1.29 is 4.79 Å². The van der Waals surface area contributed by atoms with Crippen LogP contribution in [0.4, 0.5) is 11.9 Å². The van der Waals surface area contributed by atoms with Crippen molar-refractivity contribution in [2.24, 2.45) is 0 Å². The lowest BCUT2D eigenvalue weighted by Gasteiger charge is -2.04. The molecule has 0 spiro atoms. The third-order valence-electron chi connectivity index (χ3n) is 4.61. The quantitative estimate of drug-likeness (QED) is 0.333. The van der Waals surface area contributed by atoms with Crippen molar-refractivity contribution in [1.82, 2.24) is 14.8 Å². The molecule has 1 rings (SSSR count). The van der Waals surface area contributed by atoms with Crippen molar-refractivity contribution in [2.75, 3.05) is 11.5 Å². The van der Waals surface area contributed by atoms with Crippen LogP contribution in [0.3, 0.4) is 0 Å². The SMILES string of the molecule is CCCCCCCCC=CCCCCCCCC(=O)n1c(N)nnc1N. The molecule has 0 unspecified atom stereocenters. The molecule has 0 fully saturated rings. The van der Waals surface area contributed by atoms with Crippen LogP contribution in [0.5, 0.6) is 0 Å². The fraction of sp³-hybridized carbons (Fsp3) is 0.750. The monoisotopic (exact) mass is 363 g/mol. The first kappa shape index (κ1) is 22.2. The predicted molar refractivity (Wildman–Crippen MR) is 109 cm³/mol. The molecule has 1 aromatic rings. The van der Waals surface area contributed by atoms with Crippen LogP contribution >= 0.6 is 0 Å². The second-order valence-corrected chi connectivity index (χ2v) is 6.98. The van der Waals surface area contributed by atoms with Gasteiger partial charge in [0.05, 0.1) is 0 Å². The number of hydrogen-bond donors (Lipinski definition) is 2. The van der Waals surface area contributed by atoms with Crippen molar-refractivity contribution in [1.29, 1.82) is 0 Å². The molecule has 0 saturated carbocycles. The molecule has 0 aliphatic rings. The van der Waals surface area contributed by atoms with Gasteiger partial charge in [0.1, 0.15) is 0 Å². The van der Waals surface area contributed by atoms with Gasteiger partial charge in [0.25, 0.3) is 0 Å². The van der Waals surface area contributed by atoms with Gasteiger partial charge in [0, 0.05) is 6.42 Å². The Bertz CT molecular complexity index is 505. The van der Waals surface area contributed by atoms with Gasteiger partial charge in [-0.15, -0.1) is 10.2 Å². The van der Waals surface area contributed by atoms with Gasteiger partial charge in [-0.05, 0) is 32.1 Å². The number of nitrogens with zero attached hydrogens (tertiary/aromatic N) is 3. The van der Waals surface area contributed by atoms with Crippen LogP contribution in [-0.4, -0.2) is 20.7 Å². The highest BCUT2D eigenvalue weighted by Crippen LogP contribution is 2.12. The Kier molecular flexibility index (Phi) is 12.2. The Balaban J connectivity index is 1.90. The second-order valence-electron chi connectivity index (χ2n) is 6.98. The van der Waals surface area contributed by atoms with Gasteiger partial charge >= 0.3 is 0 Å². The maximum atomic E-state index is 12.0. The maximum Gasteiger partial charge on any atom is 0.236 e. The van der Waals surface area contributed by atoms with Crippen LogP contribution in [0.2, 0.25) is 0 Å². The molecule has 148 valence electrons. The molecule has 4 N–H and O–H groups in total. The summed E-state index contributed by atoms with van der Waals surface area (Å²) in [6.07, 6.45) is 21.2. The third-order valence-corrected chi connectivity index (χ3v) is 4.61. The topological polar surface area (TPSA) is 99.8 Å². The van der Waals surface area contributed by atoms with Gasteiger partial charge in [-0.3, -0.25) is 4.79 Å². The normalized spacial score (nSPS) is 11.4. The summed E-state index contributed by atoms with van der Waals surface area (Å²) in [5, 5.41) is 7.19. The Morgan fingerprint density at radius 2 is 1.27 bits per heavy atom. The minimum Gasteiger partial charge on any atom is -0.367 e. The zero-order valence-corrected chi connectivity index (χ0v) is 16.5. The number of nitrogen functional groups attached to an aromatic ring is 2. The van der Waals surface area contributed by atoms with E-state index in [1.54, 1.807) is 0 Å². The number of carbonyl (C=O) groups is 1. The second kappa shape index (κ2) is 14.3. The van der Waals surface area contributed by atoms with E-state index in [1.807, 2.05) is 0 Å². The van der Waals surface area contributed by atoms with Crippen molar-refractivity contribution in [3.05, 3.63) is 12.2 Å². The van der Waals surface area contributed by atoms with Crippen LogP contribution in [0.25, 0.3) is 0 Å². The Labute approximate surface area is 158 Å². The van der Waals surface area contributed by atoms with E-state index in [-0.39, 0.29) is 17.8 Å². The minimum atomic E-state index is -0.123. The van der Waals surface area contributed by atoms with E-state index in [9.17, 15) is 4.79 Å². The van der Waals surface area contributed by atoms with Crippen molar-refractivity contribution >= 4 is 17.8 Å². The molecule has 0 aliphatic carbocycles. The first-order valence-corrected chi connectivity index (χ1v) is 10.3. The largest absolute Gasteiger partial charge is 0.367 e. The van der Waals surface area contributed by atoms with Crippen LogP contribution < -0.4 is 11.5 Å². The van der Waals surface area contributed by atoms with Gasteiger partial charge in [0.15, 0.2) is 0 Å². The van der Waals surface area contributed by atoms with E-state index < -0.39 is 0 Å². The standard InChI is InChI=1S/C20H37N5O/c1-2-3-4-5-6-7-8-9-10-11-12-13-14-15-16-17-18(26)25-19(21)23-24-20(25)22/h9-10H,2-8,11-17H2,1H3,(H2,21,23)(H2,22,24). The number of rotatable bonds is 15. The summed E-state index contributed by atoms with van der Waals surface area (Å²) in [5.74, 6) is 0.0168. The van der Waals surface area contributed by atoms with E-state index in [2.05, 4.69) is 29.3 Å². The zero-order valence-electron chi connectivity index (χ0n) is 16.5. The maximum absolute atomic E-state index is 12.0. The molecular formula is C20H37N5O. The fourth-order valence-corrected chi connectivity index (χ4v) is 3.02. The van der Waals surface area contributed by atoms with E-state index in [0.717, 1.165) is 19.3 Å². The van der Waals surface area contributed by atoms with Crippen LogP contribution in [0.15, 0.2) is 12.2 Å². The summed E-state index contributed by atoms with van der Waals surface area (Å²) in [6.45, 7) is 2.26. The molecule has 0 saturated heterocycles. The summed E-state index contributed by atoms with van der Waals surface area (Å²) in [4.78, 5) is 12.0. The molecule has 0 bridgehead atoms. The third kappa shape index (κ3) is 9.59. The zero-order chi connectivity index (χ0) is 19.0. The van der Waals surface area contributed by atoms with E-state index in [4.69, 9.17) is 11.5 Å². The summed E-state index contributed by atoms with van der Waals surface area (Å²) < 4.78 is 1.19. The smallest absolute Gasteiger partial charge is 0.236 e. The molecular weight excluding hydrogens is 326 g/mol. The average Bonchev–Trinajstić information content (AvgIpc) is 2.96. The fourth-order valence-electron chi connectivity index (χ4n) is 3.02. The van der Waals surface area contributed by atoms with Gasteiger partial charge in [-0.1, -0.05) is 70.4 Å². The van der Waals surface area contributed by atoms with Crippen molar-refractivity contribution in [3.8, 4) is 0 Å². The van der Waals surface area contributed by atoms with Crippen LogP contribution in [0.1, 0.15) is 102 Å². The summed E-state index contributed by atoms with van der Waals surface area (Å²) in [7, 11) is 0. The molecule has 0 radical (unpaired) electrons. The molecule has 0 atom stereocenters. The molecule has 0 aromatic carbocycles. The highest BCUT2D eigenvalue weighted by Gasteiger charge is 2.13. The average molecular weight is 364 g/mol. The first-order valence-electron chi connectivity index (χ1n) is 10.3. The predicted octanol–water partition coefficient (Wildman–Crippen LogP) is 5.12. The molecule has 0 amide bonds. The summed E-state index contributed by atoms with van der Waals surface area (Å²) in [6, 6.07) is 0. The molecule has 1 aromatic heterocycles. The molecule has 6 nitrogen and oxygen atoms in total. The van der Waals surface area contributed by atoms with E-state index in [0.29, 0.717) is 6.42 Å². The van der Waals surface area contributed by atoms with E-state index in [1.165, 1.54) is 68.8 Å². The summed E-state index contributed by atoms with van der Waals surface area (Å²) >= 11 is 0. The van der Waals surface area contributed by atoms with Gasteiger partial charge in [-0.2, -0.15) is 0 Å². The van der Waals surface area contributed by atoms with Gasteiger partial charge < -0.3 is 11.5 Å². The number of allylic oxidation sites excluding steroid dienone is 2. The van der Waals surface area contributed by atoms with Crippen molar-refractivity contribution in [2.45, 2.75) is 96.8 Å². The number of aromatic nitrogens is 3. The number of unbranched alkanes of at least 4 members (excludes halogenated alkanes) is 11. The lowest BCUT2D eigenvalue weighted by molar-refractivity contribution is 0.0904. The number of nitrogens with two attached hydrogens (primary N) is 2. The van der Waals surface area contributed by atoms with Crippen molar-refractivity contribution in [3.63, 3.8) is 0 Å². The number of carbonyl (C=O) groups excluding carboxylic acids is 1. The highest BCUT2D eigenvalue weighted by molar-refractivity contribution is 5.83. The Morgan fingerprint density at radius 3 is 1.81 bits per heavy atom. The minimum absolute atomic E-state index is 0.0697. The first-order chi connectivity index (χ1) is 12.7.